The van der Waals surface area contributed by atoms with Crippen LogP contribution in [0.3, 0.4) is 0 Å². The highest BCUT2D eigenvalue weighted by Crippen LogP contribution is 2.36. The summed E-state index contributed by atoms with van der Waals surface area (Å²) in [5.74, 6) is 0.872. The number of pyridine rings is 1. The third-order valence-corrected chi connectivity index (χ3v) is 2.69. The van der Waals surface area contributed by atoms with Gasteiger partial charge in [-0.3, -0.25) is 4.98 Å². The van der Waals surface area contributed by atoms with E-state index in [2.05, 4.69) is 18.0 Å². The third kappa shape index (κ3) is 2.07. The van der Waals surface area contributed by atoms with E-state index in [4.69, 9.17) is 5.73 Å². The Labute approximate surface area is 79.2 Å². The number of aromatic nitrogens is 1. The molecule has 0 unspecified atom stereocenters. The van der Waals surface area contributed by atoms with Gasteiger partial charge in [0.2, 0.25) is 0 Å². The molecule has 0 radical (unpaired) electrons. The number of hydrogen-bond donors (Lipinski definition) is 1. The summed E-state index contributed by atoms with van der Waals surface area (Å²) in [6, 6.07) is 4.19. The van der Waals surface area contributed by atoms with Crippen LogP contribution in [0.15, 0.2) is 18.3 Å². The molecule has 1 aromatic heterocycles. The normalized spacial score (nSPS) is 18.6. The fourth-order valence-electron chi connectivity index (χ4n) is 1.71. The molecular weight excluding hydrogens is 160 g/mol. The van der Waals surface area contributed by atoms with E-state index in [1.165, 1.54) is 18.4 Å². The van der Waals surface area contributed by atoms with Gasteiger partial charge < -0.3 is 5.73 Å². The van der Waals surface area contributed by atoms with E-state index in [9.17, 15) is 0 Å². The molecule has 0 bridgehead atoms. The van der Waals surface area contributed by atoms with Crippen LogP contribution in [-0.2, 0) is 0 Å². The van der Waals surface area contributed by atoms with Crippen LogP contribution in [0.25, 0.3) is 0 Å². The van der Waals surface area contributed by atoms with Gasteiger partial charge in [-0.15, -0.1) is 0 Å². The zero-order valence-electron chi connectivity index (χ0n) is 8.03. The van der Waals surface area contributed by atoms with Gasteiger partial charge in [-0.1, -0.05) is 18.9 Å². The first kappa shape index (κ1) is 8.70. The predicted molar refractivity (Wildman–Crippen MR) is 53.2 cm³/mol. The van der Waals surface area contributed by atoms with E-state index in [0.29, 0.717) is 0 Å². The van der Waals surface area contributed by atoms with E-state index < -0.39 is 0 Å². The van der Waals surface area contributed by atoms with Gasteiger partial charge in [-0.05, 0) is 30.9 Å². The molecule has 1 aromatic rings. The molecule has 1 fully saturated rings. The molecule has 0 aromatic carbocycles. The lowest BCUT2D eigenvalue weighted by molar-refractivity contribution is 0.580. The second-order valence-corrected chi connectivity index (χ2v) is 3.99. The molecule has 1 aliphatic carbocycles. The summed E-state index contributed by atoms with van der Waals surface area (Å²) in [5.41, 5.74) is 8.37. The third-order valence-electron chi connectivity index (χ3n) is 2.69. The van der Waals surface area contributed by atoms with Gasteiger partial charge >= 0.3 is 0 Å². The second kappa shape index (κ2) is 3.46. The summed E-state index contributed by atoms with van der Waals surface area (Å²) in [6.45, 7) is 2.08. The Hall–Kier alpha value is -0.890. The van der Waals surface area contributed by atoms with Crippen LogP contribution in [0.1, 0.15) is 36.6 Å². The lowest BCUT2D eigenvalue weighted by atomic mass is 10.0. The highest BCUT2D eigenvalue weighted by Gasteiger charge is 2.25. The molecule has 0 amide bonds. The summed E-state index contributed by atoms with van der Waals surface area (Å²) in [4.78, 5) is 4.33. The molecule has 2 N–H and O–H groups in total. The van der Waals surface area contributed by atoms with E-state index in [0.717, 1.165) is 18.0 Å². The molecule has 0 saturated heterocycles. The first-order valence-electron chi connectivity index (χ1n) is 4.94. The van der Waals surface area contributed by atoms with Crippen molar-refractivity contribution in [3.05, 3.63) is 29.6 Å². The summed E-state index contributed by atoms with van der Waals surface area (Å²) in [5, 5.41) is 0. The lowest BCUT2D eigenvalue weighted by Crippen LogP contribution is -2.14. The highest BCUT2D eigenvalue weighted by molar-refractivity contribution is 5.20. The first-order valence-corrected chi connectivity index (χ1v) is 4.94. The molecule has 2 nitrogen and oxygen atoms in total. The lowest BCUT2D eigenvalue weighted by Gasteiger charge is -2.12. The van der Waals surface area contributed by atoms with Gasteiger partial charge in [0.15, 0.2) is 0 Å². The summed E-state index contributed by atoms with van der Waals surface area (Å²) >= 11 is 0. The Morgan fingerprint density at radius 2 is 2.38 bits per heavy atom. The van der Waals surface area contributed by atoms with E-state index >= 15 is 0 Å². The van der Waals surface area contributed by atoms with Crippen molar-refractivity contribution in [1.82, 2.24) is 4.98 Å². The van der Waals surface area contributed by atoms with Crippen LogP contribution in [-0.4, -0.2) is 4.98 Å². The Kier molecular flexibility index (Phi) is 2.32. The van der Waals surface area contributed by atoms with Crippen LogP contribution in [0.2, 0.25) is 0 Å². The standard InChI is InChI=1S/C11H16N2/c1-8-3-2-6-13-11(8)10(12)7-9-4-5-9/h2-3,6,9-10H,4-5,7,12H2,1H3/t10-/m0/s1. The van der Waals surface area contributed by atoms with E-state index in [1.54, 1.807) is 0 Å². The Morgan fingerprint density at radius 3 is 3.00 bits per heavy atom. The van der Waals surface area contributed by atoms with Crippen molar-refractivity contribution in [3.63, 3.8) is 0 Å². The molecule has 1 atom stereocenters. The number of hydrogen-bond acceptors (Lipinski definition) is 2. The highest BCUT2D eigenvalue weighted by atomic mass is 14.8. The molecule has 0 spiro atoms. The van der Waals surface area contributed by atoms with Crippen molar-refractivity contribution in [1.29, 1.82) is 0 Å². The zero-order chi connectivity index (χ0) is 9.26. The molecule has 1 saturated carbocycles. The number of nitrogens with zero attached hydrogens (tertiary/aromatic N) is 1. The fraction of sp³-hybridized carbons (Fsp3) is 0.545. The van der Waals surface area contributed by atoms with Gasteiger partial charge in [0.05, 0.1) is 5.69 Å². The minimum absolute atomic E-state index is 0.147. The maximum absolute atomic E-state index is 6.07. The SMILES string of the molecule is Cc1cccnc1[C@@H](N)CC1CC1. The number of aryl methyl sites for hydroxylation is 1. The van der Waals surface area contributed by atoms with Gasteiger partial charge in [-0.25, -0.2) is 0 Å². The van der Waals surface area contributed by atoms with E-state index in [-0.39, 0.29) is 6.04 Å². The maximum Gasteiger partial charge on any atom is 0.0600 e. The summed E-state index contributed by atoms with van der Waals surface area (Å²) < 4.78 is 0. The molecule has 1 aliphatic rings. The molecule has 2 heteroatoms. The van der Waals surface area contributed by atoms with Crippen molar-refractivity contribution < 1.29 is 0 Å². The Balaban J connectivity index is 2.09. The molecular formula is C11H16N2. The van der Waals surface area contributed by atoms with Crippen molar-refractivity contribution >= 4 is 0 Å². The quantitative estimate of drug-likeness (QED) is 0.766. The monoisotopic (exact) mass is 176 g/mol. The number of nitrogens with two attached hydrogens (primary N) is 1. The van der Waals surface area contributed by atoms with Crippen LogP contribution in [0.5, 0.6) is 0 Å². The van der Waals surface area contributed by atoms with Gasteiger partial charge in [-0.2, -0.15) is 0 Å². The fourth-order valence-corrected chi connectivity index (χ4v) is 1.71. The van der Waals surface area contributed by atoms with Crippen LogP contribution < -0.4 is 5.73 Å². The van der Waals surface area contributed by atoms with Gasteiger partial charge in [0, 0.05) is 12.2 Å². The first-order chi connectivity index (χ1) is 6.27. The van der Waals surface area contributed by atoms with Crippen LogP contribution in [0.4, 0.5) is 0 Å². The van der Waals surface area contributed by atoms with Gasteiger partial charge in [0.25, 0.3) is 0 Å². The predicted octanol–water partition coefficient (Wildman–Crippen LogP) is 2.19. The minimum atomic E-state index is 0.147. The van der Waals surface area contributed by atoms with E-state index in [1.807, 2.05) is 12.3 Å². The zero-order valence-corrected chi connectivity index (χ0v) is 8.03. The van der Waals surface area contributed by atoms with Crippen molar-refractivity contribution in [2.75, 3.05) is 0 Å². The largest absolute Gasteiger partial charge is 0.323 e. The topological polar surface area (TPSA) is 38.9 Å². The maximum atomic E-state index is 6.07. The molecule has 0 aliphatic heterocycles. The molecule has 1 heterocycles. The van der Waals surface area contributed by atoms with Crippen LogP contribution in [0, 0.1) is 12.8 Å². The Morgan fingerprint density at radius 1 is 1.62 bits per heavy atom. The molecule has 2 rings (SSSR count). The Bertz CT molecular complexity index is 292. The molecule has 70 valence electrons. The molecule has 13 heavy (non-hydrogen) atoms. The smallest absolute Gasteiger partial charge is 0.0600 e. The minimum Gasteiger partial charge on any atom is -0.323 e. The van der Waals surface area contributed by atoms with Crippen molar-refractivity contribution in [2.45, 2.75) is 32.2 Å². The summed E-state index contributed by atoms with van der Waals surface area (Å²) in [7, 11) is 0. The average Bonchev–Trinajstić information content (AvgIpc) is 2.89. The van der Waals surface area contributed by atoms with Crippen LogP contribution >= 0.6 is 0 Å². The van der Waals surface area contributed by atoms with Gasteiger partial charge in [0.1, 0.15) is 0 Å². The average molecular weight is 176 g/mol. The van der Waals surface area contributed by atoms with Crippen molar-refractivity contribution in [2.24, 2.45) is 11.7 Å². The number of rotatable bonds is 3. The summed E-state index contributed by atoms with van der Waals surface area (Å²) in [6.07, 6.45) is 5.66. The second-order valence-electron chi connectivity index (χ2n) is 3.99. The van der Waals surface area contributed by atoms with Crippen molar-refractivity contribution in [3.8, 4) is 0 Å².